The molecule has 1 aromatic carbocycles. The number of aromatic hydroxyl groups is 1. The number of nitrogens with zero attached hydrogens (tertiary/aromatic N) is 1. The molecule has 0 saturated carbocycles. The molecule has 0 bridgehead atoms. The third-order valence-corrected chi connectivity index (χ3v) is 5.85. The monoisotopic (exact) mass is 358 g/mol. The molecule has 0 radical (unpaired) electrons. The van der Waals surface area contributed by atoms with Crippen LogP contribution in [-0.2, 0) is 14.8 Å². The SMILES string of the molecule is COc1cc(O)cc(C(=O)N[C@H]2COC[C@H]2CS(=O)(=O)N(C)C)c1. The maximum Gasteiger partial charge on any atom is 0.251 e. The Balaban J connectivity index is 2.09. The highest BCUT2D eigenvalue weighted by molar-refractivity contribution is 7.89. The molecule has 9 heteroatoms. The average Bonchev–Trinajstić information content (AvgIpc) is 2.92. The third kappa shape index (κ3) is 4.37. The summed E-state index contributed by atoms with van der Waals surface area (Å²) >= 11 is 0. The Hall–Kier alpha value is -1.84. The molecule has 1 aliphatic heterocycles. The molecule has 2 N–H and O–H groups in total. The fraction of sp³-hybridized carbons (Fsp3) is 0.533. The van der Waals surface area contributed by atoms with Crippen LogP contribution in [0, 0.1) is 5.92 Å². The number of phenolic OH excluding ortho intramolecular Hbond substituents is 1. The Labute approximate surface area is 141 Å². The van der Waals surface area contributed by atoms with E-state index in [1.807, 2.05) is 0 Å². The Kier molecular flexibility index (Phi) is 5.68. The number of rotatable bonds is 6. The van der Waals surface area contributed by atoms with E-state index in [9.17, 15) is 18.3 Å². The standard InChI is InChI=1S/C15H22N2O6S/c1-17(2)24(20,21)9-11-7-23-8-14(11)16-15(19)10-4-12(18)6-13(5-10)22-3/h4-6,11,14,18H,7-9H2,1-3H3,(H,16,19)/t11-,14-/m0/s1. The van der Waals surface area contributed by atoms with Gasteiger partial charge in [0.25, 0.3) is 5.91 Å². The van der Waals surface area contributed by atoms with Crippen LogP contribution in [0.2, 0.25) is 0 Å². The fourth-order valence-electron chi connectivity index (χ4n) is 2.43. The molecule has 0 aliphatic carbocycles. The number of ether oxygens (including phenoxy) is 2. The van der Waals surface area contributed by atoms with Crippen LogP contribution >= 0.6 is 0 Å². The van der Waals surface area contributed by atoms with E-state index in [0.29, 0.717) is 5.75 Å². The van der Waals surface area contributed by atoms with E-state index >= 15 is 0 Å². The first-order chi connectivity index (χ1) is 11.2. The molecule has 0 unspecified atom stereocenters. The maximum absolute atomic E-state index is 12.4. The van der Waals surface area contributed by atoms with Crippen molar-refractivity contribution < 1.29 is 27.8 Å². The van der Waals surface area contributed by atoms with Gasteiger partial charge >= 0.3 is 0 Å². The molecule has 2 atom stereocenters. The van der Waals surface area contributed by atoms with Gasteiger partial charge in [0.2, 0.25) is 10.0 Å². The lowest BCUT2D eigenvalue weighted by Gasteiger charge is -2.21. The van der Waals surface area contributed by atoms with E-state index < -0.39 is 22.0 Å². The number of amides is 1. The Morgan fingerprint density at radius 1 is 1.38 bits per heavy atom. The molecule has 1 aromatic rings. The van der Waals surface area contributed by atoms with Crippen molar-refractivity contribution >= 4 is 15.9 Å². The molecule has 2 rings (SSSR count). The lowest BCUT2D eigenvalue weighted by molar-refractivity contribution is 0.0925. The molecule has 8 nitrogen and oxygen atoms in total. The van der Waals surface area contributed by atoms with E-state index in [0.717, 1.165) is 4.31 Å². The largest absolute Gasteiger partial charge is 0.508 e. The summed E-state index contributed by atoms with van der Waals surface area (Å²) in [4.78, 5) is 12.4. The molecule has 1 fully saturated rings. The van der Waals surface area contributed by atoms with Crippen molar-refractivity contribution in [3.05, 3.63) is 23.8 Å². The first-order valence-corrected chi connectivity index (χ1v) is 9.00. The molecule has 1 amide bonds. The van der Waals surface area contributed by atoms with Gasteiger partial charge in [0.15, 0.2) is 0 Å². The minimum Gasteiger partial charge on any atom is -0.508 e. The molecule has 1 saturated heterocycles. The van der Waals surface area contributed by atoms with E-state index in [1.165, 1.54) is 39.4 Å². The van der Waals surface area contributed by atoms with Gasteiger partial charge in [-0.2, -0.15) is 0 Å². The summed E-state index contributed by atoms with van der Waals surface area (Å²) in [5, 5.41) is 12.4. The van der Waals surface area contributed by atoms with E-state index in [1.54, 1.807) is 0 Å². The van der Waals surface area contributed by atoms with Gasteiger partial charge in [0.1, 0.15) is 11.5 Å². The highest BCUT2D eigenvalue weighted by Gasteiger charge is 2.34. The predicted molar refractivity (Wildman–Crippen MR) is 87.7 cm³/mol. The first-order valence-electron chi connectivity index (χ1n) is 7.40. The Morgan fingerprint density at radius 2 is 2.08 bits per heavy atom. The van der Waals surface area contributed by atoms with E-state index in [-0.39, 0.29) is 36.2 Å². The normalized spacial score (nSPS) is 21.0. The quantitative estimate of drug-likeness (QED) is 0.744. The highest BCUT2D eigenvalue weighted by Crippen LogP contribution is 2.22. The summed E-state index contributed by atoms with van der Waals surface area (Å²) in [7, 11) is 0.984. The minimum absolute atomic E-state index is 0.0890. The second-order valence-corrected chi connectivity index (χ2v) is 8.09. The van der Waals surface area contributed by atoms with Crippen LogP contribution in [0.15, 0.2) is 18.2 Å². The minimum atomic E-state index is -3.39. The van der Waals surface area contributed by atoms with Gasteiger partial charge in [-0.15, -0.1) is 0 Å². The van der Waals surface area contributed by atoms with Crippen molar-refractivity contribution in [2.24, 2.45) is 5.92 Å². The summed E-state index contributed by atoms with van der Waals surface area (Å²) in [5.74, 6) is -0.593. The number of hydrogen-bond acceptors (Lipinski definition) is 6. The number of hydrogen-bond donors (Lipinski definition) is 2. The molecule has 0 aromatic heterocycles. The Morgan fingerprint density at radius 3 is 2.71 bits per heavy atom. The summed E-state index contributed by atoms with van der Waals surface area (Å²) < 4.78 is 35.6. The molecule has 134 valence electrons. The van der Waals surface area contributed by atoms with Gasteiger partial charge in [0.05, 0.1) is 32.1 Å². The number of benzene rings is 1. The van der Waals surface area contributed by atoms with Gasteiger partial charge in [-0.1, -0.05) is 0 Å². The van der Waals surface area contributed by atoms with Crippen molar-refractivity contribution in [3.8, 4) is 11.5 Å². The summed E-state index contributed by atoms with van der Waals surface area (Å²) in [6.07, 6.45) is 0. The zero-order valence-electron chi connectivity index (χ0n) is 13.9. The molecule has 0 spiro atoms. The van der Waals surface area contributed by atoms with Crippen LogP contribution in [-0.4, -0.2) is 70.0 Å². The van der Waals surface area contributed by atoms with Crippen LogP contribution in [0.4, 0.5) is 0 Å². The molecular formula is C15H22N2O6S. The topological polar surface area (TPSA) is 105 Å². The highest BCUT2D eigenvalue weighted by atomic mass is 32.2. The Bertz CT molecular complexity index is 704. The second kappa shape index (κ2) is 7.37. The van der Waals surface area contributed by atoms with Gasteiger partial charge in [-0.05, 0) is 12.1 Å². The van der Waals surface area contributed by atoms with Crippen molar-refractivity contribution in [3.63, 3.8) is 0 Å². The van der Waals surface area contributed by atoms with Crippen molar-refractivity contribution in [2.45, 2.75) is 6.04 Å². The second-order valence-electron chi connectivity index (χ2n) is 5.86. The number of carbonyl (C=O) groups is 1. The molecule has 1 aliphatic rings. The number of carbonyl (C=O) groups excluding carboxylic acids is 1. The average molecular weight is 358 g/mol. The number of sulfonamides is 1. The van der Waals surface area contributed by atoms with Crippen LogP contribution in [0.3, 0.4) is 0 Å². The van der Waals surface area contributed by atoms with Crippen LogP contribution in [0.5, 0.6) is 11.5 Å². The van der Waals surface area contributed by atoms with Crippen molar-refractivity contribution in [1.29, 1.82) is 0 Å². The first kappa shape index (κ1) is 18.5. The predicted octanol–water partition coefficient (Wildman–Crippen LogP) is 0.0370. The fourth-order valence-corrected chi connectivity index (χ4v) is 3.59. The lowest BCUT2D eigenvalue weighted by atomic mass is 10.1. The van der Waals surface area contributed by atoms with Gasteiger partial charge in [-0.3, -0.25) is 4.79 Å². The third-order valence-electron chi connectivity index (χ3n) is 3.89. The summed E-state index contributed by atoms with van der Waals surface area (Å²) in [6.45, 7) is 0.511. The zero-order chi connectivity index (χ0) is 17.9. The summed E-state index contributed by atoms with van der Waals surface area (Å²) in [6, 6.07) is 3.79. The molecule has 24 heavy (non-hydrogen) atoms. The maximum atomic E-state index is 12.4. The number of nitrogens with one attached hydrogen (secondary N) is 1. The number of methoxy groups -OCH3 is 1. The number of phenols is 1. The van der Waals surface area contributed by atoms with Gasteiger partial charge in [0, 0.05) is 31.6 Å². The van der Waals surface area contributed by atoms with Gasteiger partial charge < -0.3 is 19.9 Å². The van der Waals surface area contributed by atoms with Crippen molar-refractivity contribution in [2.75, 3.05) is 40.2 Å². The van der Waals surface area contributed by atoms with Crippen LogP contribution in [0.1, 0.15) is 10.4 Å². The lowest BCUT2D eigenvalue weighted by Crippen LogP contribution is -2.43. The smallest absolute Gasteiger partial charge is 0.251 e. The van der Waals surface area contributed by atoms with Crippen LogP contribution < -0.4 is 10.1 Å². The van der Waals surface area contributed by atoms with Gasteiger partial charge in [-0.25, -0.2) is 12.7 Å². The zero-order valence-corrected chi connectivity index (χ0v) is 14.7. The van der Waals surface area contributed by atoms with Crippen LogP contribution in [0.25, 0.3) is 0 Å². The van der Waals surface area contributed by atoms with Crippen molar-refractivity contribution in [1.82, 2.24) is 9.62 Å². The van der Waals surface area contributed by atoms with E-state index in [4.69, 9.17) is 9.47 Å². The van der Waals surface area contributed by atoms with E-state index in [2.05, 4.69) is 5.32 Å². The molecule has 1 heterocycles. The summed E-state index contributed by atoms with van der Waals surface area (Å²) in [5.41, 5.74) is 0.230. The molecular weight excluding hydrogens is 336 g/mol.